The number of rotatable bonds is 7. The second kappa shape index (κ2) is 15.7. The lowest BCUT2D eigenvalue weighted by molar-refractivity contribution is -0.340. The van der Waals surface area contributed by atoms with Gasteiger partial charge in [0, 0.05) is 5.92 Å². The van der Waals surface area contributed by atoms with E-state index in [1.165, 1.54) is 7.11 Å². The van der Waals surface area contributed by atoms with E-state index in [0.717, 1.165) is 5.57 Å². The van der Waals surface area contributed by atoms with E-state index in [1.54, 1.807) is 13.8 Å². The van der Waals surface area contributed by atoms with Crippen LogP contribution < -0.4 is 0 Å². The lowest BCUT2D eigenvalue weighted by Crippen LogP contribution is -2.71. The van der Waals surface area contributed by atoms with Crippen molar-refractivity contribution in [2.75, 3.05) is 20.3 Å². The van der Waals surface area contributed by atoms with Crippen molar-refractivity contribution >= 4 is 11.9 Å². The van der Waals surface area contributed by atoms with Crippen molar-refractivity contribution in [1.29, 1.82) is 0 Å². The van der Waals surface area contributed by atoms with Gasteiger partial charge in [0.25, 0.3) is 0 Å². The minimum atomic E-state index is -1.79. The molecule has 0 aromatic carbocycles. The maximum atomic E-state index is 14.7. The van der Waals surface area contributed by atoms with E-state index in [4.69, 9.17) is 23.7 Å². The minimum absolute atomic E-state index is 0.135. The monoisotopic (exact) mass is 856 g/mol. The second-order valence-electron chi connectivity index (χ2n) is 20.5. The Morgan fingerprint density at radius 2 is 1.33 bits per heavy atom. The number of methoxy groups -OCH3 is 1. The molecule has 2 aliphatic heterocycles. The average molecular weight is 857 g/mol. The number of aliphatic hydroxyl groups excluding tert-OH is 9. The van der Waals surface area contributed by atoms with Gasteiger partial charge in [-0.3, -0.25) is 9.59 Å². The first-order valence-electron chi connectivity index (χ1n) is 21.6. The number of ether oxygens (including phenoxy) is 5. The van der Waals surface area contributed by atoms with E-state index in [9.17, 15) is 60.7 Å². The normalized spacial score (nSPS) is 55.2. The molecule has 0 bridgehead atoms. The van der Waals surface area contributed by atoms with Crippen LogP contribution in [0, 0.1) is 50.7 Å². The van der Waals surface area contributed by atoms with Gasteiger partial charge >= 0.3 is 11.9 Å². The van der Waals surface area contributed by atoms with Crippen molar-refractivity contribution < 1.29 is 84.3 Å². The molecule has 6 fully saturated rings. The molecule has 2 heterocycles. The minimum Gasteiger partial charge on any atom is -0.469 e. The van der Waals surface area contributed by atoms with Gasteiger partial charge in [-0.15, -0.1) is 0 Å². The van der Waals surface area contributed by atoms with Gasteiger partial charge in [0.2, 0.25) is 6.29 Å². The Bertz CT molecular complexity index is 1670. The lowest BCUT2D eigenvalue weighted by atomic mass is 9.32. The summed E-state index contributed by atoms with van der Waals surface area (Å²) in [6.07, 6.45) is -13.1. The Balaban J connectivity index is 1.24. The van der Waals surface area contributed by atoms with Crippen LogP contribution in [0.1, 0.15) is 92.9 Å². The summed E-state index contributed by atoms with van der Waals surface area (Å²) < 4.78 is 28.9. The molecule has 2 saturated heterocycles. The van der Waals surface area contributed by atoms with E-state index in [0.29, 0.717) is 44.9 Å². The standard InChI is InChI=1S/C43H68O17/c1-19-10-13-43(37(54)60-35-31(52)29(50)27(48)23(18-45)58-35)15-14-39(3)20(32(43)42(19,6)55)8-9-24-38(2)16-21(46)33(59-34-30(51)28(49)26(47)22(17-44)57-34)41(5,36(53)56-7)25(38)11-12-40(24,39)4/h8,19,21-35,44-52,55H,9-18H2,1-7H3/t19-,21-,22-,23-,24-,25-,26-,27-,28+,29+,30-,31-,32-,33+,34+,35+,38-,39-,40-,41+,42-,43+/m1/s1. The molecule has 342 valence electrons. The quantitative estimate of drug-likeness (QED) is 0.0870. The molecule has 0 radical (unpaired) electrons. The Kier molecular flexibility index (Phi) is 12.1. The van der Waals surface area contributed by atoms with Crippen molar-refractivity contribution in [3.8, 4) is 0 Å². The van der Waals surface area contributed by atoms with Crippen LogP contribution in [0.3, 0.4) is 0 Å². The zero-order chi connectivity index (χ0) is 44.3. The molecule has 7 aliphatic rings. The van der Waals surface area contributed by atoms with Gasteiger partial charge in [-0.25, -0.2) is 0 Å². The first-order chi connectivity index (χ1) is 28.0. The topological polar surface area (TPSA) is 283 Å². The Labute approximate surface area is 350 Å². The number of allylic oxidation sites excluding steroid dienone is 1. The SMILES string of the molecule is COC(=O)[C@@]1(C)[C@@H]2CC[C@]3(C)[C@H](CC=C4[C@H]5[C@](C(=O)O[C@@H]6O[C@H](CO)[C@@H](O)[C@H](O)[C@H]6O)(CC[C@@H](C)[C@@]5(C)O)CC[C@]43C)[C@@]2(C)C[C@@H](O)[C@@H]1O[C@@H]1O[C@H](CO)[C@@H](O)[C@H](O)[C@H]1O. The molecule has 17 nitrogen and oxygen atoms in total. The maximum Gasteiger partial charge on any atom is 0.315 e. The summed E-state index contributed by atoms with van der Waals surface area (Å²) in [5, 5.41) is 108. The largest absolute Gasteiger partial charge is 0.469 e. The second-order valence-corrected chi connectivity index (χ2v) is 20.5. The first-order valence-corrected chi connectivity index (χ1v) is 21.6. The number of carbonyl (C=O) groups excluding carboxylic acids is 2. The zero-order valence-corrected chi connectivity index (χ0v) is 35.7. The van der Waals surface area contributed by atoms with Crippen LogP contribution in [0.2, 0.25) is 0 Å². The number of fused-ring (bicyclic) bond motifs is 7. The highest BCUT2D eigenvalue weighted by Crippen LogP contribution is 2.76. The number of hydrogen-bond donors (Lipinski definition) is 10. The molecule has 22 atom stereocenters. The van der Waals surface area contributed by atoms with Gasteiger partial charge in [0.1, 0.15) is 54.9 Å². The fourth-order valence-electron chi connectivity index (χ4n) is 14.1. The fourth-order valence-corrected chi connectivity index (χ4v) is 14.1. The van der Waals surface area contributed by atoms with Crippen LogP contribution in [-0.4, -0.2) is 163 Å². The molecular weight excluding hydrogens is 788 g/mol. The molecule has 0 amide bonds. The van der Waals surface area contributed by atoms with Gasteiger partial charge < -0.3 is 74.7 Å². The van der Waals surface area contributed by atoms with Crippen LogP contribution in [0.15, 0.2) is 11.6 Å². The van der Waals surface area contributed by atoms with E-state index < -0.39 is 143 Å². The summed E-state index contributed by atoms with van der Waals surface area (Å²) >= 11 is 0. The highest BCUT2D eigenvalue weighted by atomic mass is 16.7. The fraction of sp³-hybridized carbons (Fsp3) is 0.907. The summed E-state index contributed by atoms with van der Waals surface area (Å²) in [7, 11) is 1.26. The van der Waals surface area contributed by atoms with E-state index in [-0.39, 0.29) is 18.3 Å². The number of hydrogen-bond acceptors (Lipinski definition) is 17. The molecule has 10 N–H and O–H groups in total. The summed E-state index contributed by atoms with van der Waals surface area (Å²) in [6.45, 7) is 10.5. The smallest absolute Gasteiger partial charge is 0.315 e. The van der Waals surface area contributed by atoms with Crippen molar-refractivity contribution in [2.24, 2.45) is 50.7 Å². The highest BCUT2D eigenvalue weighted by molar-refractivity contribution is 5.80. The third-order valence-electron chi connectivity index (χ3n) is 17.9. The third kappa shape index (κ3) is 6.34. The predicted octanol–water partition coefficient (Wildman–Crippen LogP) is -0.589. The molecule has 0 unspecified atom stereocenters. The van der Waals surface area contributed by atoms with Crippen molar-refractivity contribution in [3.05, 3.63) is 11.6 Å². The van der Waals surface area contributed by atoms with Crippen LogP contribution in [0.25, 0.3) is 0 Å². The zero-order valence-electron chi connectivity index (χ0n) is 35.7. The molecule has 4 saturated carbocycles. The summed E-state index contributed by atoms with van der Waals surface area (Å²) in [5.41, 5.74) is -5.01. The molecule has 60 heavy (non-hydrogen) atoms. The van der Waals surface area contributed by atoms with Gasteiger partial charge in [0.15, 0.2) is 6.29 Å². The average Bonchev–Trinajstić information content (AvgIpc) is 3.20. The molecule has 7 rings (SSSR count). The summed E-state index contributed by atoms with van der Waals surface area (Å²) in [6, 6.07) is 0. The van der Waals surface area contributed by atoms with Crippen LogP contribution in [0.5, 0.6) is 0 Å². The Hall–Kier alpha value is -1.84. The van der Waals surface area contributed by atoms with E-state index in [1.807, 2.05) is 6.92 Å². The van der Waals surface area contributed by atoms with E-state index in [2.05, 4.69) is 26.8 Å². The van der Waals surface area contributed by atoms with Crippen LogP contribution in [0.4, 0.5) is 0 Å². The first kappa shape index (κ1) is 46.2. The maximum absolute atomic E-state index is 14.7. The Morgan fingerprint density at radius 1 is 0.750 bits per heavy atom. The van der Waals surface area contributed by atoms with Gasteiger partial charge in [-0.2, -0.15) is 0 Å². The van der Waals surface area contributed by atoms with Gasteiger partial charge in [-0.05, 0) is 99.2 Å². The predicted molar refractivity (Wildman–Crippen MR) is 207 cm³/mol. The number of aliphatic hydroxyl groups is 10. The summed E-state index contributed by atoms with van der Waals surface area (Å²) in [4.78, 5) is 28.8. The molecule has 0 spiro atoms. The van der Waals surface area contributed by atoms with E-state index >= 15 is 0 Å². The molecule has 0 aromatic heterocycles. The van der Waals surface area contributed by atoms with Crippen molar-refractivity contribution in [2.45, 2.75) is 172 Å². The molecule has 17 heteroatoms. The van der Waals surface area contributed by atoms with Crippen LogP contribution in [-0.2, 0) is 33.3 Å². The lowest BCUT2D eigenvalue weighted by Gasteiger charge is -2.72. The third-order valence-corrected chi connectivity index (χ3v) is 17.9. The van der Waals surface area contributed by atoms with Gasteiger partial charge in [-0.1, -0.05) is 39.3 Å². The number of esters is 2. The Morgan fingerprint density at radius 3 is 1.92 bits per heavy atom. The molecular formula is C43H68O17. The number of carbonyl (C=O) groups is 2. The highest BCUT2D eigenvalue weighted by Gasteiger charge is 2.74. The molecule has 5 aliphatic carbocycles. The van der Waals surface area contributed by atoms with Crippen molar-refractivity contribution in [1.82, 2.24) is 0 Å². The van der Waals surface area contributed by atoms with Crippen LogP contribution >= 0.6 is 0 Å². The summed E-state index contributed by atoms with van der Waals surface area (Å²) in [5.74, 6) is -2.84. The molecule has 0 aromatic rings. The van der Waals surface area contributed by atoms with Gasteiger partial charge in [0.05, 0.1) is 42.9 Å². The van der Waals surface area contributed by atoms with Crippen molar-refractivity contribution in [3.63, 3.8) is 0 Å².